The summed E-state index contributed by atoms with van der Waals surface area (Å²) in [6.07, 6.45) is 2.62. The van der Waals surface area contributed by atoms with Gasteiger partial charge in [-0.05, 0) is 64.4 Å². The summed E-state index contributed by atoms with van der Waals surface area (Å²) in [5.74, 6) is 1.81. The third-order valence-corrected chi connectivity index (χ3v) is 2.80. The summed E-state index contributed by atoms with van der Waals surface area (Å²) < 4.78 is 11.7. The van der Waals surface area contributed by atoms with Crippen LogP contribution in [0.1, 0.15) is 33.6 Å². The fourth-order valence-corrected chi connectivity index (χ4v) is 2.05. The van der Waals surface area contributed by atoms with Crippen LogP contribution in [0.5, 0.6) is 11.5 Å². The van der Waals surface area contributed by atoms with Gasteiger partial charge in [0.1, 0.15) is 23.2 Å². The first kappa shape index (κ1) is 13.2. The molecule has 0 saturated carbocycles. The van der Waals surface area contributed by atoms with Gasteiger partial charge in [0.05, 0.1) is 0 Å². The van der Waals surface area contributed by atoms with Crippen molar-refractivity contribution in [3.05, 3.63) is 24.3 Å². The molecule has 3 nitrogen and oxygen atoms in total. The molecule has 0 unspecified atom stereocenters. The minimum atomic E-state index is -0.157. The summed E-state index contributed by atoms with van der Waals surface area (Å²) in [6, 6.07) is 7.90. The van der Waals surface area contributed by atoms with E-state index in [0.29, 0.717) is 6.10 Å². The predicted octanol–water partition coefficient (Wildman–Crippen LogP) is 2.99. The molecule has 1 aliphatic rings. The molecule has 100 valence electrons. The molecule has 18 heavy (non-hydrogen) atoms. The van der Waals surface area contributed by atoms with E-state index in [1.165, 1.54) is 6.42 Å². The molecule has 0 bridgehead atoms. The highest BCUT2D eigenvalue weighted by Gasteiger charge is 2.15. The normalized spacial score (nSPS) is 20.5. The number of rotatable bonds is 3. The lowest BCUT2D eigenvalue weighted by molar-refractivity contribution is 0.130. The highest BCUT2D eigenvalue weighted by molar-refractivity contribution is 5.31. The largest absolute Gasteiger partial charge is 0.489 e. The second-order valence-electron chi connectivity index (χ2n) is 5.77. The number of benzene rings is 1. The van der Waals surface area contributed by atoms with E-state index in [4.69, 9.17) is 9.47 Å². The van der Waals surface area contributed by atoms with Crippen LogP contribution in [0.4, 0.5) is 0 Å². The summed E-state index contributed by atoms with van der Waals surface area (Å²) in [7, 11) is 0. The van der Waals surface area contributed by atoms with Crippen LogP contribution >= 0.6 is 0 Å². The highest BCUT2D eigenvalue weighted by atomic mass is 16.5. The van der Waals surface area contributed by atoms with Crippen LogP contribution in [0.25, 0.3) is 0 Å². The predicted molar refractivity (Wildman–Crippen MR) is 73.3 cm³/mol. The van der Waals surface area contributed by atoms with Gasteiger partial charge in [-0.25, -0.2) is 0 Å². The van der Waals surface area contributed by atoms with Gasteiger partial charge in [0, 0.05) is 6.54 Å². The summed E-state index contributed by atoms with van der Waals surface area (Å²) in [5.41, 5.74) is -0.157. The summed E-state index contributed by atoms with van der Waals surface area (Å²) >= 11 is 0. The molecule has 1 fully saturated rings. The van der Waals surface area contributed by atoms with E-state index in [1.807, 2.05) is 45.0 Å². The first-order chi connectivity index (χ1) is 8.53. The van der Waals surface area contributed by atoms with Crippen molar-refractivity contribution in [2.75, 3.05) is 13.1 Å². The molecule has 1 atom stereocenters. The third kappa shape index (κ3) is 4.22. The molecule has 1 aromatic rings. The van der Waals surface area contributed by atoms with Crippen molar-refractivity contribution in [1.82, 2.24) is 5.32 Å². The van der Waals surface area contributed by atoms with E-state index in [2.05, 4.69) is 5.32 Å². The van der Waals surface area contributed by atoms with E-state index in [-0.39, 0.29) is 5.60 Å². The zero-order valence-corrected chi connectivity index (χ0v) is 11.5. The second kappa shape index (κ2) is 5.61. The Labute approximate surface area is 109 Å². The Morgan fingerprint density at radius 1 is 1.11 bits per heavy atom. The molecule has 0 aromatic heterocycles. The van der Waals surface area contributed by atoms with Crippen LogP contribution in [0.3, 0.4) is 0 Å². The highest BCUT2D eigenvalue weighted by Crippen LogP contribution is 2.23. The number of hydrogen-bond acceptors (Lipinski definition) is 3. The average Bonchev–Trinajstić information content (AvgIpc) is 2.31. The minimum absolute atomic E-state index is 0.157. The quantitative estimate of drug-likeness (QED) is 0.893. The number of piperidine rings is 1. The van der Waals surface area contributed by atoms with Crippen LogP contribution in [-0.2, 0) is 0 Å². The van der Waals surface area contributed by atoms with E-state index >= 15 is 0 Å². The van der Waals surface area contributed by atoms with Gasteiger partial charge >= 0.3 is 0 Å². The lowest BCUT2D eigenvalue weighted by Crippen LogP contribution is -2.37. The SMILES string of the molecule is CC(C)(C)Oc1ccc(O[C@@H]2CCCNC2)cc1. The van der Waals surface area contributed by atoms with Crippen LogP contribution < -0.4 is 14.8 Å². The van der Waals surface area contributed by atoms with Gasteiger partial charge in [0.25, 0.3) is 0 Å². The Kier molecular flexibility index (Phi) is 4.12. The molecule has 0 aliphatic carbocycles. The Bertz CT molecular complexity index is 361. The molecule has 0 amide bonds. The number of ether oxygens (including phenoxy) is 2. The molecular weight excluding hydrogens is 226 g/mol. The second-order valence-corrected chi connectivity index (χ2v) is 5.77. The van der Waals surface area contributed by atoms with Crippen molar-refractivity contribution in [2.45, 2.75) is 45.3 Å². The Morgan fingerprint density at radius 2 is 1.78 bits per heavy atom. The van der Waals surface area contributed by atoms with E-state index in [1.54, 1.807) is 0 Å². The minimum Gasteiger partial charge on any atom is -0.489 e. The summed E-state index contributed by atoms with van der Waals surface area (Å²) in [4.78, 5) is 0. The van der Waals surface area contributed by atoms with Crippen molar-refractivity contribution in [3.63, 3.8) is 0 Å². The molecule has 1 heterocycles. The molecule has 1 saturated heterocycles. The first-order valence-corrected chi connectivity index (χ1v) is 6.69. The van der Waals surface area contributed by atoms with Crippen molar-refractivity contribution in [3.8, 4) is 11.5 Å². The fourth-order valence-electron chi connectivity index (χ4n) is 2.05. The number of hydrogen-bond donors (Lipinski definition) is 1. The Morgan fingerprint density at radius 3 is 2.33 bits per heavy atom. The van der Waals surface area contributed by atoms with Gasteiger partial charge in [0.2, 0.25) is 0 Å². The first-order valence-electron chi connectivity index (χ1n) is 6.69. The lowest BCUT2D eigenvalue weighted by Gasteiger charge is -2.24. The Hall–Kier alpha value is -1.22. The summed E-state index contributed by atoms with van der Waals surface area (Å²) in [5, 5.41) is 3.35. The van der Waals surface area contributed by atoms with Crippen molar-refractivity contribution >= 4 is 0 Å². The Balaban J connectivity index is 1.90. The molecule has 1 N–H and O–H groups in total. The van der Waals surface area contributed by atoms with Gasteiger partial charge in [-0.1, -0.05) is 0 Å². The standard InChI is InChI=1S/C15H23NO2/c1-15(2,3)18-13-8-6-12(7-9-13)17-14-5-4-10-16-11-14/h6-9,14,16H,4-5,10-11H2,1-3H3/t14-/m1/s1. The van der Waals surface area contributed by atoms with Crippen LogP contribution in [-0.4, -0.2) is 24.8 Å². The molecule has 1 aromatic carbocycles. The maximum absolute atomic E-state index is 5.92. The molecule has 2 rings (SSSR count). The number of nitrogens with one attached hydrogen (secondary N) is 1. The fraction of sp³-hybridized carbons (Fsp3) is 0.600. The van der Waals surface area contributed by atoms with E-state index < -0.39 is 0 Å². The third-order valence-electron chi connectivity index (χ3n) is 2.80. The lowest BCUT2D eigenvalue weighted by atomic mass is 10.1. The summed E-state index contributed by atoms with van der Waals surface area (Å²) in [6.45, 7) is 8.19. The smallest absolute Gasteiger partial charge is 0.120 e. The molecule has 0 radical (unpaired) electrons. The van der Waals surface area contributed by atoms with Gasteiger partial charge in [-0.3, -0.25) is 0 Å². The maximum atomic E-state index is 5.92. The van der Waals surface area contributed by atoms with Gasteiger partial charge in [0.15, 0.2) is 0 Å². The van der Waals surface area contributed by atoms with Crippen LogP contribution in [0, 0.1) is 0 Å². The molecule has 0 spiro atoms. The van der Waals surface area contributed by atoms with E-state index in [9.17, 15) is 0 Å². The van der Waals surface area contributed by atoms with Crippen LogP contribution in [0.2, 0.25) is 0 Å². The maximum Gasteiger partial charge on any atom is 0.120 e. The van der Waals surface area contributed by atoms with Crippen LogP contribution in [0.15, 0.2) is 24.3 Å². The zero-order valence-electron chi connectivity index (χ0n) is 11.5. The van der Waals surface area contributed by atoms with E-state index in [0.717, 1.165) is 31.0 Å². The molecular formula is C15H23NO2. The monoisotopic (exact) mass is 249 g/mol. The van der Waals surface area contributed by atoms with Crippen molar-refractivity contribution in [1.29, 1.82) is 0 Å². The molecule has 1 aliphatic heterocycles. The zero-order chi connectivity index (χ0) is 13.0. The van der Waals surface area contributed by atoms with Crippen molar-refractivity contribution in [2.24, 2.45) is 0 Å². The van der Waals surface area contributed by atoms with Gasteiger partial charge < -0.3 is 14.8 Å². The van der Waals surface area contributed by atoms with Gasteiger partial charge in [-0.15, -0.1) is 0 Å². The average molecular weight is 249 g/mol. The topological polar surface area (TPSA) is 30.5 Å². The molecule has 3 heteroatoms. The van der Waals surface area contributed by atoms with Gasteiger partial charge in [-0.2, -0.15) is 0 Å². The van der Waals surface area contributed by atoms with Crippen molar-refractivity contribution < 1.29 is 9.47 Å².